The Bertz CT molecular complexity index is 754. The predicted octanol–water partition coefficient (Wildman–Crippen LogP) is 2.54. The first-order chi connectivity index (χ1) is 12.2. The Morgan fingerprint density at radius 2 is 1.64 bits per heavy atom. The number of nitrogens with zero attached hydrogens (tertiary/aromatic N) is 3. The lowest BCUT2D eigenvalue weighted by Gasteiger charge is -2.37. The molecule has 0 atom stereocenters. The van der Waals surface area contributed by atoms with Crippen LogP contribution in [0.1, 0.15) is 5.56 Å². The molecular weight excluding hydrogens is 317 g/mol. The molecule has 2 aliphatic heterocycles. The fourth-order valence-corrected chi connectivity index (χ4v) is 3.70. The van der Waals surface area contributed by atoms with Crippen molar-refractivity contribution in [2.75, 3.05) is 49.1 Å². The van der Waals surface area contributed by atoms with Crippen LogP contribution in [0.4, 0.5) is 15.8 Å². The number of amides is 1. The van der Waals surface area contributed by atoms with E-state index in [2.05, 4.69) is 28.0 Å². The van der Waals surface area contributed by atoms with Gasteiger partial charge in [-0.2, -0.15) is 0 Å². The second-order valence-corrected chi connectivity index (χ2v) is 6.64. The Labute approximate surface area is 147 Å². The number of hydrogen-bond donors (Lipinski definition) is 0. The number of benzene rings is 2. The summed E-state index contributed by atoms with van der Waals surface area (Å²) in [4.78, 5) is 19.0. The summed E-state index contributed by atoms with van der Waals surface area (Å²) in [6.45, 7) is 4.37. The Morgan fingerprint density at radius 3 is 2.40 bits per heavy atom. The number of hydrogen-bond acceptors (Lipinski definition) is 3. The van der Waals surface area contributed by atoms with Gasteiger partial charge in [0, 0.05) is 44.1 Å². The molecule has 1 fully saturated rings. The number of anilines is 2. The molecule has 130 valence electrons. The summed E-state index contributed by atoms with van der Waals surface area (Å²) < 4.78 is 13.0. The molecule has 4 nitrogen and oxygen atoms in total. The van der Waals surface area contributed by atoms with Crippen molar-refractivity contribution in [3.63, 3.8) is 0 Å². The van der Waals surface area contributed by atoms with Gasteiger partial charge in [-0.1, -0.05) is 18.2 Å². The van der Waals surface area contributed by atoms with Gasteiger partial charge in [-0.15, -0.1) is 0 Å². The third-order valence-corrected chi connectivity index (χ3v) is 5.13. The van der Waals surface area contributed by atoms with Crippen molar-refractivity contribution in [3.05, 3.63) is 59.9 Å². The molecule has 0 saturated carbocycles. The minimum atomic E-state index is -0.219. The Balaban J connectivity index is 1.33. The van der Waals surface area contributed by atoms with Gasteiger partial charge in [0.2, 0.25) is 5.91 Å². The van der Waals surface area contributed by atoms with E-state index in [1.807, 2.05) is 11.0 Å². The Hall–Kier alpha value is -2.56. The normalized spacial score (nSPS) is 16.9. The van der Waals surface area contributed by atoms with Gasteiger partial charge >= 0.3 is 0 Å². The molecular formula is C20H22FN3O. The molecule has 2 aromatic rings. The highest BCUT2D eigenvalue weighted by Crippen LogP contribution is 2.27. The largest absolute Gasteiger partial charge is 0.368 e. The Kier molecular flexibility index (Phi) is 4.30. The standard InChI is InChI=1S/C20H22FN3O/c21-17-5-7-18(8-6-17)22-11-13-23(14-12-22)20(25)15-24-10-9-16-3-1-2-4-19(16)24/h1-8H,9-15H2. The van der Waals surface area contributed by atoms with Gasteiger partial charge in [0.1, 0.15) is 5.82 Å². The van der Waals surface area contributed by atoms with E-state index in [0.29, 0.717) is 19.6 Å². The van der Waals surface area contributed by atoms with Crippen LogP contribution in [0.25, 0.3) is 0 Å². The van der Waals surface area contributed by atoms with Gasteiger partial charge in [-0.25, -0.2) is 4.39 Å². The molecule has 2 aromatic carbocycles. The summed E-state index contributed by atoms with van der Waals surface area (Å²) in [5.41, 5.74) is 3.54. The van der Waals surface area contributed by atoms with Crippen molar-refractivity contribution in [3.8, 4) is 0 Å². The third kappa shape index (κ3) is 3.31. The van der Waals surface area contributed by atoms with Crippen molar-refractivity contribution in [2.45, 2.75) is 6.42 Å². The molecule has 4 rings (SSSR count). The molecule has 2 aliphatic rings. The number of rotatable bonds is 3. The number of carbonyl (C=O) groups excluding carboxylic acids is 1. The summed E-state index contributed by atoms with van der Waals surface area (Å²) >= 11 is 0. The van der Waals surface area contributed by atoms with Gasteiger partial charge in [0.05, 0.1) is 6.54 Å². The number of carbonyl (C=O) groups is 1. The van der Waals surface area contributed by atoms with E-state index in [9.17, 15) is 9.18 Å². The highest BCUT2D eigenvalue weighted by molar-refractivity contribution is 5.82. The van der Waals surface area contributed by atoms with Crippen LogP contribution in [0, 0.1) is 5.82 Å². The molecule has 2 heterocycles. The zero-order valence-electron chi connectivity index (χ0n) is 14.2. The fourth-order valence-electron chi connectivity index (χ4n) is 3.70. The van der Waals surface area contributed by atoms with Crippen LogP contribution in [-0.4, -0.2) is 50.1 Å². The molecule has 1 amide bonds. The molecule has 0 spiro atoms. The third-order valence-electron chi connectivity index (χ3n) is 5.13. The summed E-state index contributed by atoms with van der Waals surface area (Å²) in [6.07, 6.45) is 1.02. The zero-order chi connectivity index (χ0) is 17.2. The van der Waals surface area contributed by atoms with Crippen molar-refractivity contribution < 1.29 is 9.18 Å². The molecule has 0 aliphatic carbocycles. The zero-order valence-corrected chi connectivity index (χ0v) is 14.2. The van der Waals surface area contributed by atoms with E-state index in [4.69, 9.17) is 0 Å². The van der Waals surface area contributed by atoms with E-state index < -0.39 is 0 Å². The maximum atomic E-state index is 13.0. The molecule has 0 aromatic heterocycles. The maximum absolute atomic E-state index is 13.0. The average Bonchev–Trinajstić information content (AvgIpc) is 3.06. The molecule has 1 saturated heterocycles. The van der Waals surface area contributed by atoms with Crippen LogP contribution >= 0.6 is 0 Å². The lowest BCUT2D eigenvalue weighted by molar-refractivity contribution is -0.130. The first-order valence-electron chi connectivity index (χ1n) is 8.82. The first-order valence-corrected chi connectivity index (χ1v) is 8.82. The Morgan fingerprint density at radius 1 is 0.920 bits per heavy atom. The van der Waals surface area contributed by atoms with Gasteiger partial charge < -0.3 is 14.7 Å². The van der Waals surface area contributed by atoms with E-state index in [0.717, 1.165) is 31.7 Å². The molecule has 0 radical (unpaired) electrons. The molecule has 0 unspecified atom stereocenters. The fraction of sp³-hybridized carbons (Fsp3) is 0.350. The van der Waals surface area contributed by atoms with Gasteiger partial charge in [-0.05, 0) is 42.3 Å². The van der Waals surface area contributed by atoms with Crippen molar-refractivity contribution in [1.82, 2.24) is 4.90 Å². The van der Waals surface area contributed by atoms with E-state index in [-0.39, 0.29) is 11.7 Å². The second kappa shape index (κ2) is 6.75. The average molecular weight is 339 g/mol. The van der Waals surface area contributed by atoms with Crippen molar-refractivity contribution in [1.29, 1.82) is 0 Å². The van der Waals surface area contributed by atoms with Crippen LogP contribution in [0.15, 0.2) is 48.5 Å². The van der Waals surface area contributed by atoms with E-state index >= 15 is 0 Å². The molecule has 5 heteroatoms. The van der Waals surface area contributed by atoms with Gasteiger partial charge in [-0.3, -0.25) is 4.79 Å². The predicted molar refractivity (Wildman–Crippen MR) is 97.6 cm³/mol. The lowest BCUT2D eigenvalue weighted by atomic mass is 10.2. The smallest absolute Gasteiger partial charge is 0.242 e. The first kappa shape index (κ1) is 15.9. The quantitative estimate of drug-likeness (QED) is 0.860. The van der Waals surface area contributed by atoms with Crippen LogP contribution in [0.5, 0.6) is 0 Å². The van der Waals surface area contributed by atoms with Crippen LogP contribution in [0.3, 0.4) is 0 Å². The molecule has 0 bridgehead atoms. The van der Waals surface area contributed by atoms with E-state index in [1.165, 1.54) is 23.4 Å². The van der Waals surface area contributed by atoms with Gasteiger partial charge in [0.15, 0.2) is 0 Å². The molecule has 0 N–H and O–H groups in total. The van der Waals surface area contributed by atoms with Crippen LogP contribution < -0.4 is 9.80 Å². The second-order valence-electron chi connectivity index (χ2n) is 6.64. The summed E-state index contributed by atoms with van der Waals surface area (Å²) in [5, 5.41) is 0. The number of halogens is 1. The summed E-state index contributed by atoms with van der Waals surface area (Å²) in [6, 6.07) is 14.9. The highest BCUT2D eigenvalue weighted by atomic mass is 19.1. The van der Waals surface area contributed by atoms with E-state index in [1.54, 1.807) is 12.1 Å². The van der Waals surface area contributed by atoms with Crippen molar-refractivity contribution in [2.24, 2.45) is 0 Å². The SMILES string of the molecule is O=C(CN1CCc2ccccc21)N1CCN(c2ccc(F)cc2)CC1. The monoisotopic (exact) mass is 339 g/mol. The number of para-hydroxylation sites is 1. The number of fused-ring (bicyclic) bond motifs is 1. The number of piperazine rings is 1. The van der Waals surface area contributed by atoms with Crippen LogP contribution in [0.2, 0.25) is 0 Å². The van der Waals surface area contributed by atoms with Gasteiger partial charge in [0.25, 0.3) is 0 Å². The van der Waals surface area contributed by atoms with Crippen LogP contribution in [-0.2, 0) is 11.2 Å². The lowest BCUT2D eigenvalue weighted by Crippen LogP contribution is -2.51. The minimum Gasteiger partial charge on any atom is -0.368 e. The summed E-state index contributed by atoms with van der Waals surface area (Å²) in [5.74, 6) is -0.0288. The maximum Gasteiger partial charge on any atom is 0.242 e. The topological polar surface area (TPSA) is 26.8 Å². The van der Waals surface area contributed by atoms with Crippen molar-refractivity contribution >= 4 is 17.3 Å². The molecule has 25 heavy (non-hydrogen) atoms. The minimum absolute atomic E-state index is 0.190. The summed E-state index contributed by atoms with van der Waals surface area (Å²) in [7, 11) is 0. The highest BCUT2D eigenvalue weighted by Gasteiger charge is 2.25.